The molecule has 0 saturated heterocycles. The van der Waals surface area contributed by atoms with Crippen LogP contribution >= 0.6 is 27.3 Å². The van der Waals surface area contributed by atoms with Crippen molar-refractivity contribution in [2.45, 2.75) is 20.3 Å². The SMILES string of the molecule is CCc1c(C)nc(-c2ccc(Br)s2)nc1NC. The van der Waals surface area contributed by atoms with Gasteiger partial charge in [0.1, 0.15) is 5.82 Å². The monoisotopic (exact) mass is 311 g/mol. The molecule has 17 heavy (non-hydrogen) atoms. The zero-order chi connectivity index (χ0) is 12.4. The van der Waals surface area contributed by atoms with Crippen LogP contribution in [0, 0.1) is 6.92 Å². The third kappa shape index (κ3) is 2.50. The van der Waals surface area contributed by atoms with Crippen LogP contribution in [-0.4, -0.2) is 17.0 Å². The third-order valence-corrected chi connectivity index (χ3v) is 4.22. The largest absolute Gasteiger partial charge is 0.373 e. The van der Waals surface area contributed by atoms with Gasteiger partial charge in [-0.2, -0.15) is 0 Å². The molecule has 0 aliphatic heterocycles. The summed E-state index contributed by atoms with van der Waals surface area (Å²) >= 11 is 5.11. The van der Waals surface area contributed by atoms with E-state index in [1.165, 1.54) is 5.56 Å². The maximum absolute atomic E-state index is 4.57. The molecule has 2 heterocycles. The Bertz CT molecular complexity index is 537. The van der Waals surface area contributed by atoms with Crippen LogP contribution in [0.15, 0.2) is 15.9 Å². The number of nitrogens with zero attached hydrogens (tertiary/aromatic N) is 2. The molecule has 2 rings (SSSR count). The molecule has 0 aromatic carbocycles. The van der Waals surface area contributed by atoms with E-state index in [-0.39, 0.29) is 0 Å². The van der Waals surface area contributed by atoms with E-state index in [0.717, 1.165) is 32.4 Å². The van der Waals surface area contributed by atoms with Gasteiger partial charge in [-0.05, 0) is 41.4 Å². The maximum Gasteiger partial charge on any atom is 0.171 e. The average Bonchev–Trinajstić information content (AvgIpc) is 2.74. The number of aryl methyl sites for hydroxylation is 1. The van der Waals surface area contributed by atoms with Gasteiger partial charge in [-0.25, -0.2) is 9.97 Å². The summed E-state index contributed by atoms with van der Waals surface area (Å²) in [6.45, 7) is 4.15. The van der Waals surface area contributed by atoms with Crippen LogP contribution < -0.4 is 5.32 Å². The van der Waals surface area contributed by atoms with Crippen molar-refractivity contribution in [2.75, 3.05) is 12.4 Å². The van der Waals surface area contributed by atoms with Crippen molar-refractivity contribution in [3.8, 4) is 10.7 Å². The summed E-state index contributed by atoms with van der Waals surface area (Å²) in [4.78, 5) is 10.2. The number of nitrogens with one attached hydrogen (secondary N) is 1. The first kappa shape index (κ1) is 12.5. The van der Waals surface area contributed by atoms with Gasteiger partial charge in [-0.3, -0.25) is 0 Å². The Hall–Kier alpha value is -0.940. The van der Waals surface area contributed by atoms with E-state index < -0.39 is 0 Å². The first-order valence-corrected chi connectivity index (χ1v) is 7.07. The highest BCUT2D eigenvalue weighted by Crippen LogP contribution is 2.30. The first-order valence-electron chi connectivity index (χ1n) is 5.46. The Morgan fingerprint density at radius 3 is 2.65 bits per heavy atom. The number of hydrogen-bond acceptors (Lipinski definition) is 4. The minimum Gasteiger partial charge on any atom is -0.373 e. The topological polar surface area (TPSA) is 37.8 Å². The molecule has 1 N–H and O–H groups in total. The molecule has 0 aliphatic carbocycles. The van der Waals surface area contributed by atoms with Crippen LogP contribution in [0.4, 0.5) is 5.82 Å². The summed E-state index contributed by atoms with van der Waals surface area (Å²) in [5.41, 5.74) is 2.23. The van der Waals surface area contributed by atoms with Crippen molar-refractivity contribution < 1.29 is 0 Å². The number of halogens is 1. The quantitative estimate of drug-likeness (QED) is 0.934. The summed E-state index contributed by atoms with van der Waals surface area (Å²) in [5, 5.41) is 3.15. The van der Waals surface area contributed by atoms with Gasteiger partial charge in [0, 0.05) is 18.3 Å². The molecule has 5 heteroatoms. The minimum atomic E-state index is 0.791. The van der Waals surface area contributed by atoms with Crippen molar-refractivity contribution in [2.24, 2.45) is 0 Å². The van der Waals surface area contributed by atoms with E-state index >= 15 is 0 Å². The molecule has 2 aromatic heterocycles. The van der Waals surface area contributed by atoms with Crippen LogP contribution in [0.1, 0.15) is 18.2 Å². The van der Waals surface area contributed by atoms with Crippen LogP contribution in [0.2, 0.25) is 0 Å². The number of anilines is 1. The van der Waals surface area contributed by atoms with Crippen molar-refractivity contribution in [1.29, 1.82) is 0 Å². The second-order valence-electron chi connectivity index (χ2n) is 3.67. The number of aromatic nitrogens is 2. The number of rotatable bonds is 3. The predicted molar refractivity (Wildman–Crippen MR) is 76.7 cm³/mol. The van der Waals surface area contributed by atoms with E-state index in [4.69, 9.17) is 0 Å². The highest BCUT2D eigenvalue weighted by Gasteiger charge is 2.11. The zero-order valence-electron chi connectivity index (χ0n) is 10.0. The molecule has 0 aliphatic rings. The lowest BCUT2D eigenvalue weighted by atomic mass is 10.1. The average molecular weight is 312 g/mol. The molecule has 0 fully saturated rings. The second-order valence-corrected chi connectivity index (χ2v) is 6.13. The van der Waals surface area contributed by atoms with E-state index in [1.807, 2.05) is 26.1 Å². The molecule has 0 spiro atoms. The molecule has 0 unspecified atom stereocenters. The maximum atomic E-state index is 4.57. The fourth-order valence-corrected chi connectivity index (χ4v) is 3.09. The summed E-state index contributed by atoms with van der Waals surface area (Å²) in [5.74, 6) is 1.72. The van der Waals surface area contributed by atoms with Gasteiger partial charge < -0.3 is 5.32 Å². The van der Waals surface area contributed by atoms with Crippen LogP contribution in [0.25, 0.3) is 10.7 Å². The molecule has 2 aromatic rings. The predicted octanol–water partition coefficient (Wildman–Crippen LogP) is 3.88. The lowest BCUT2D eigenvalue weighted by molar-refractivity contribution is 1.00. The highest BCUT2D eigenvalue weighted by atomic mass is 79.9. The van der Waals surface area contributed by atoms with Crippen LogP contribution in [0.5, 0.6) is 0 Å². The van der Waals surface area contributed by atoms with Crippen LogP contribution in [0.3, 0.4) is 0 Å². The highest BCUT2D eigenvalue weighted by molar-refractivity contribution is 9.11. The summed E-state index contributed by atoms with van der Waals surface area (Å²) in [7, 11) is 1.90. The fraction of sp³-hybridized carbons (Fsp3) is 0.333. The van der Waals surface area contributed by atoms with Gasteiger partial charge in [0.2, 0.25) is 0 Å². The molecule has 3 nitrogen and oxygen atoms in total. The van der Waals surface area contributed by atoms with E-state index in [2.05, 4.69) is 38.1 Å². The van der Waals surface area contributed by atoms with Crippen LogP contribution in [-0.2, 0) is 6.42 Å². The smallest absolute Gasteiger partial charge is 0.171 e. The molecule has 0 saturated carbocycles. The van der Waals surface area contributed by atoms with Gasteiger partial charge in [0.05, 0.1) is 8.66 Å². The summed E-state index contributed by atoms with van der Waals surface area (Å²) < 4.78 is 1.10. The van der Waals surface area contributed by atoms with Gasteiger partial charge in [0.25, 0.3) is 0 Å². The molecule has 0 amide bonds. The van der Waals surface area contributed by atoms with E-state index in [1.54, 1.807) is 11.3 Å². The molecular formula is C12H14BrN3S. The van der Waals surface area contributed by atoms with E-state index in [0.29, 0.717) is 0 Å². The van der Waals surface area contributed by atoms with E-state index in [9.17, 15) is 0 Å². The molecule has 0 atom stereocenters. The zero-order valence-corrected chi connectivity index (χ0v) is 12.4. The Balaban J connectivity index is 2.53. The van der Waals surface area contributed by atoms with Crippen molar-refractivity contribution >= 4 is 33.1 Å². The standard InChI is InChI=1S/C12H14BrN3S/c1-4-8-7(2)15-12(16-11(8)14-3)9-5-6-10(13)17-9/h5-6H,4H2,1-3H3,(H,14,15,16). The van der Waals surface area contributed by atoms with Crippen molar-refractivity contribution in [1.82, 2.24) is 9.97 Å². The van der Waals surface area contributed by atoms with Crippen molar-refractivity contribution in [3.63, 3.8) is 0 Å². The van der Waals surface area contributed by atoms with Gasteiger partial charge in [0.15, 0.2) is 5.82 Å². The second kappa shape index (κ2) is 5.14. The summed E-state index contributed by atoms with van der Waals surface area (Å²) in [6.07, 6.45) is 0.941. The fourth-order valence-electron chi connectivity index (χ4n) is 1.77. The minimum absolute atomic E-state index is 0.791. The van der Waals surface area contributed by atoms with Gasteiger partial charge in [-0.1, -0.05) is 6.92 Å². The Morgan fingerprint density at radius 2 is 2.12 bits per heavy atom. The molecule has 0 bridgehead atoms. The van der Waals surface area contributed by atoms with Crippen molar-refractivity contribution in [3.05, 3.63) is 27.2 Å². The molecular weight excluding hydrogens is 298 g/mol. The Morgan fingerprint density at radius 1 is 1.35 bits per heavy atom. The third-order valence-electron chi connectivity index (χ3n) is 2.60. The lowest BCUT2D eigenvalue weighted by Crippen LogP contribution is -2.04. The lowest BCUT2D eigenvalue weighted by Gasteiger charge is -2.10. The number of hydrogen-bond donors (Lipinski definition) is 1. The Labute approximate surface area is 113 Å². The summed E-state index contributed by atoms with van der Waals surface area (Å²) in [6, 6.07) is 4.06. The molecule has 90 valence electrons. The number of thiophene rings is 1. The van der Waals surface area contributed by atoms with Gasteiger partial charge >= 0.3 is 0 Å². The Kier molecular flexibility index (Phi) is 3.79. The first-order chi connectivity index (χ1) is 8.15. The normalized spacial score (nSPS) is 10.6. The molecule has 0 radical (unpaired) electrons. The van der Waals surface area contributed by atoms with Gasteiger partial charge in [-0.15, -0.1) is 11.3 Å².